The maximum Gasteiger partial charge on any atom is 0.314 e. The summed E-state index contributed by atoms with van der Waals surface area (Å²) < 4.78 is 23.8. The molecular formula is C17H16N4O4S. The summed E-state index contributed by atoms with van der Waals surface area (Å²) in [6.07, 6.45) is 2.11. The molecule has 0 fully saturated rings. The Balaban J connectivity index is 2.15. The summed E-state index contributed by atoms with van der Waals surface area (Å²) in [6.45, 7) is 1.93. The highest BCUT2D eigenvalue weighted by molar-refractivity contribution is 7.90. The third-order valence-electron chi connectivity index (χ3n) is 3.98. The Kier molecular flexibility index (Phi) is 4.56. The molecule has 3 aromatic rings. The van der Waals surface area contributed by atoms with E-state index in [2.05, 4.69) is 15.3 Å². The van der Waals surface area contributed by atoms with Gasteiger partial charge in [0, 0.05) is 17.7 Å². The number of hydrogen-bond acceptors (Lipinski definition) is 7. The van der Waals surface area contributed by atoms with E-state index in [1.807, 2.05) is 37.3 Å². The number of nitrogens with zero attached hydrogens (tertiary/aromatic N) is 3. The van der Waals surface area contributed by atoms with Crippen LogP contribution in [0.5, 0.6) is 0 Å². The summed E-state index contributed by atoms with van der Waals surface area (Å²) in [4.78, 5) is 18.5. The van der Waals surface area contributed by atoms with E-state index in [0.717, 1.165) is 11.8 Å². The Morgan fingerprint density at radius 3 is 2.42 bits per heavy atom. The highest BCUT2D eigenvalue weighted by atomic mass is 32.2. The van der Waals surface area contributed by atoms with Crippen LogP contribution < -0.4 is 5.32 Å². The van der Waals surface area contributed by atoms with Crippen molar-refractivity contribution >= 4 is 32.2 Å². The van der Waals surface area contributed by atoms with Crippen LogP contribution in [-0.4, -0.2) is 29.6 Å². The Morgan fingerprint density at radius 1 is 1.12 bits per heavy atom. The first kappa shape index (κ1) is 17.7. The van der Waals surface area contributed by atoms with Gasteiger partial charge in [0.25, 0.3) is 0 Å². The van der Waals surface area contributed by atoms with Crippen molar-refractivity contribution < 1.29 is 13.3 Å². The summed E-state index contributed by atoms with van der Waals surface area (Å²) in [5.74, 6) is 0.398. The smallest absolute Gasteiger partial charge is 0.314 e. The second-order valence-corrected chi connectivity index (χ2v) is 7.82. The molecule has 0 saturated carbocycles. The molecule has 1 unspecified atom stereocenters. The van der Waals surface area contributed by atoms with Crippen molar-refractivity contribution in [3.05, 3.63) is 64.5 Å². The van der Waals surface area contributed by atoms with Crippen molar-refractivity contribution in [1.29, 1.82) is 0 Å². The van der Waals surface area contributed by atoms with Gasteiger partial charge in [-0.15, -0.1) is 0 Å². The molecule has 134 valence electrons. The summed E-state index contributed by atoms with van der Waals surface area (Å²) in [5.41, 5.74) is 0.458. The maximum absolute atomic E-state index is 11.9. The zero-order valence-electron chi connectivity index (χ0n) is 14.1. The van der Waals surface area contributed by atoms with E-state index in [-0.39, 0.29) is 16.5 Å². The van der Waals surface area contributed by atoms with Gasteiger partial charge in [-0.05, 0) is 24.6 Å². The van der Waals surface area contributed by atoms with Crippen molar-refractivity contribution in [2.45, 2.75) is 17.9 Å². The lowest BCUT2D eigenvalue weighted by atomic mass is 10.1. The number of hydrogen-bond donors (Lipinski definition) is 1. The van der Waals surface area contributed by atoms with Crippen molar-refractivity contribution in [3.8, 4) is 0 Å². The zero-order chi connectivity index (χ0) is 18.9. The number of nitrogens with one attached hydrogen (secondary N) is 1. The van der Waals surface area contributed by atoms with E-state index >= 15 is 0 Å². The third kappa shape index (κ3) is 3.33. The van der Waals surface area contributed by atoms with E-state index in [4.69, 9.17) is 0 Å². The summed E-state index contributed by atoms with van der Waals surface area (Å²) in [5, 5.41) is 15.1. The Morgan fingerprint density at radius 2 is 1.81 bits per heavy atom. The van der Waals surface area contributed by atoms with Gasteiger partial charge in [-0.2, -0.15) is 0 Å². The molecule has 9 heteroatoms. The van der Waals surface area contributed by atoms with Gasteiger partial charge in [-0.3, -0.25) is 10.1 Å². The average Bonchev–Trinajstić information content (AvgIpc) is 2.60. The quantitative estimate of drug-likeness (QED) is 0.540. The molecule has 0 saturated heterocycles. The van der Waals surface area contributed by atoms with E-state index in [1.165, 1.54) is 18.5 Å². The molecule has 8 nitrogen and oxygen atoms in total. The number of anilines is 1. The van der Waals surface area contributed by atoms with Gasteiger partial charge in [0.2, 0.25) is 0 Å². The largest absolute Gasteiger partial charge is 0.363 e. The van der Waals surface area contributed by atoms with E-state index in [1.54, 1.807) is 0 Å². The first-order valence-electron chi connectivity index (χ1n) is 7.72. The molecule has 0 aliphatic carbocycles. The lowest BCUT2D eigenvalue weighted by molar-refractivity contribution is -0.386. The van der Waals surface area contributed by atoms with Crippen LogP contribution in [0.3, 0.4) is 0 Å². The van der Waals surface area contributed by atoms with E-state index in [9.17, 15) is 18.5 Å². The molecule has 1 N–H and O–H groups in total. The highest BCUT2D eigenvalue weighted by Gasteiger charge is 2.27. The molecule has 2 aromatic carbocycles. The lowest BCUT2D eigenvalue weighted by Crippen LogP contribution is -2.10. The molecule has 0 spiro atoms. The van der Waals surface area contributed by atoms with Crippen LogP contribution in [0.4, 0.5) is 11.5 Å². The molecule has 0 bridgehead atoms. The maximum atomic E-state index is 11.9. The molecule has 0 aliphatic heterocycles. The first-order valence-corrected chi connectivity index (χ1v) is 9.62. The number of nitro benzene ring substituents is 1. The molecule has 1 atom stereocenters. The number of aromatic nitrogens is 2. The Hall–Kier alpha value is -3.07. The molecule has 1 aromatic heterocycles. The molecular weight excluding hydrogens is 356 g/mol. The minimum atomic E-state index is -3.77. The van der Waals surface area contributed by atoms with Crippen molar-refractivity contribution in [3.63, 3.8) is 0 Å². The molecule has 0 aliphatic rings. The fourth-order valence-corrected chi connectivity index (χ4v) is 3.56. The van der Waals surface area contributed by atoms with Crippen LogP contribution in [0.1, 0.15) is 18.5 Å². The molecule has 3 rings (SSSR count). The second kappa shape index (κ2) is 6.68. The number of benzene rings is 2. The highest BCUT2D eigenvalue weighted by Crippen LogP contribution is 2.34. The molecule has 0 radical (unpaired) electrons. The van der Waals surface area contributed by atoms with Crippen molar-refractivity contribution in [2.24, 2.45) is 0 Å². The van der Waals surface area contributed by atoms with Gasteiger partial charge in [0.1, 0.15) is 17.0 Å². The second-order valence-electron chi connectivity index (χ2n) is 5.84. The van der Waals surface area contributed by atoms with E-state index < -0.39 is 20.4 Å². The van der Waals surface area contributed by atoms with Gasteiger partial charge in [0.05, 0.1) is 4.92 Å². The van der Waals surface area contributed by atoms with Crippen LogP contribution in [0.2, 0.25) is 0 Å². The number of rotatable bonds is 5. The average molecular weight is 372 g/mol. The minimum absolute atomic E-state index is 0.0179. The Bertz CT molecular complexity index is 1080. The van der Waals surface area contributed by atoms with Crippen LogP contribution in [0.15, 0.2) is 53.7 Å². The van der Waals surface area contributed by atoms with Crippen LogP contribution in [0.25, 0.3) is 10.9 Å². The fourth-order valence-electron chi connectivity index (χ4n) is 2.72. The van der Waals surface area contributed by atoms with Crippen LogP contribution in [0, 0.1) is 10.1 Å². The fraction of sp³-hybridized carbons (Fsp3) is 0.176. The van der Waals surface area contributed by atoms with E-state index in [0.29, 0.717) is 11.2 Å². The Labute approximate surface area is 150 Å². The van der Waals surface area contributed by atoms with Crippen molar-refractivity contribution in [2.75, 3.05) is 11.6 Å². The predicted octanol–water partition coefficient (Wildman–Crippen LogP) is 3.11. The zero-order valence-corrected chi connectivity index (χ0v) is 14.9. The van der Waals surface area contributed by atoms with Gasteiger partial charge in [-0.25, -0.2) is 18.4 Å². The van der Waals surface area contributed by atoms with Crippen molar-refractivity contribution in [1.82, 2.24) is 9.97 Å². The van der Waals surface area contributed by atoms with Gasteiger partial charge < -0.3 is 5.32 Å². The molecule has 1 heterocycles. The first-order chi connectivity index (χ1) is 12.3. The van der Waals surface area contributed by atoms with Gasteiger partial charge in [-0.1, -0.05) is 30.3 Å². The predicted molar refractivity (Wildman–Crippen MR) is 97.8 cm³/mol. The summed E-state index contributed by atoms with van der Waals surface area (Å²) in [6, 6.07) is 12.2. The normalized spacial score (nSPS) is 12.7. The van der Waals surface area contributed by atoms with Gasteiger partial charge in [0.15, 0.2) is 15.4 Å². The lowest BCUT2D eigenvalue weighted by Gasteiger charge is -2.16. The van der Waals surface area contributed by atoms with Crippen LogP contribution in [-0.2, 0) is 9.84 Å². The standard InChI is InChI=1S/C17H16N4O4S/c1-11(12-6-4-3-5-7-12)20-17-13-8-9-14(26(2,24)25)16(21(22)23)15(13)18-10-19-17/h3-11H,1-2H3,(H,18,19,20). The number of nitro groups is 1. The summed E-state index contributed by atoms with van der Waals surface area (Å²) >= 11 is 0. The molecule has 26 heavy (non-hydrogen) atoms. The van der Waals surface area contributed by atoms with Crippen LogP contribution >= 0.6 is 0 Å². The third-order valence-corrected chi connectivity index (χ3v) is 5.11. The number of sulfone groups is 1. The topological polar surface area (TPSA) is 115 Å². The van der Waals surface area contributed by atoms with Gasteiger partial charge >= 0.3 is 5.69 Å². The minimum Gasteiger partial charge on any atom is -0.363 e. The monoisotopic (exact) mass is 372 g/mol. The SMILES string of the molecule is CC(Nc1ncnc2c([N+](=O)[O-])c(S(C)(=O)=O)ccc12)c1ccccc1. The molecule has 0 amide bonds. The summed E-state index contributed by atoms with van der Waals surface area (Å²) in [7, 11) is -3.77. The number of fused-ring (bicyclic) bond motifs is 1.